The minimum absolute atomic E-state index is 0.0655. The van der Waals surface area contributed by atoms with E-state index in [2.05, 4.69) is 16.0 Å². The molecule has 4 N–H and O–H groups in total. The standard InChI is InChI=1S/C18H19N3O4/c1-2-19-17(24)13-4-3-5-14(10-13)18(25)21-11-20-16(23)12-6-8-15(22)9-7-12/h3-10,22H,2,11H2,1H3,(H,19,24)(H,20,23)(H,21,25). The van der Waals surface area contributed by atoms with Crippen LogP contribution < -0.4 is 16.0 Å². The summed E-state index contributed by atoms with van der Waals surface area (Å²) in [6, 6.07) is 12.1. The third-order valence-corrected chi connectivity index (χ3v) is 3.35. The van der Waals surface area contributed by atoms with E-state index in [0.717, 1.165) is 0 Å². The lowest BCUT2D eigenvalue weighted by atomic mass is 10.1. The van der Waals surface area contributed by atoms with Gasteiger partial charge in [0.1, 0.15) is 5.75 Å². The van der Waals surface area contributed by atoms with Crippen LogP contribution in [0.2, 0.25) is 0 Å². The Morgan fingerprint density at radius 3 is 1.88 bits per heavy atom. The van der Waals surface area contributed by atoms with Crippen LogP contribution in [0.5, 0.6) is 5.75 Å². The molecule has 0 aromatic heterocycles. The largest absolute Gasteiger partial charge is 0.508 e. The highest BCUT2D eigenvalue weighted by Crippen LogP contribution is 2.09. The van der Waals surface area contributed by atoms with E-state index in [1.54, 1.807) is 18.2 Å². The fraction of sp³-hybridized carbons (Fsp3) is 0.167. The van der Waals surface area contributed by atoms with E-state index in [-0.39, 0.29) is 24.2 Å². The van der Waals surface area contributed by atoms with E-state index in [4.69, 9.17) is 0 Å². The molecule has 0 heterocycles. The highest BCUT2D eigenvalue weighted by atomic mass is 16.3. The molecule has 0 aliphatic heterocycles. The van der Waals surface area contributed by atoms with E-state index in [0.29, 0.717) is 23.2 Å². The van der Waals surface area contributed by atoms with Gasteiger partial charge in [0, 0.05) is 23.2 Å². The monoisotopic (exact) mass is 341 g/mol. The number of benzene rings is 2. The molecule has 0 saturated carbocycles. The molecule has 2 aromatic rings. The van der Waals surface area contributed by atoms with Crippen LogP contribution >= 0.6 is 0 Å². The molecule has 0 radical (unpaired) electrons. The summed E-state index contributed by atoms with van der Waals surface area (Å²) in [5.41, 5.74) is 1.08. The van der Waals surface area contributed by atoms with Crippen molar-refractivity contribution in [3.05, 3.63) is 65.2 Å². The van der Waals surface area contributed by atoms with Crippen molar-refractivity contribution in [3.8, 4) is 5.75 Å². The van der Waals surface area contributed by atoms with Crippen LogP contribution in [0.3, 0.4) is 0 Å². The summed E-state index contributed by atoms with van der Waals surface area (Å²) in [6.07, 6.45) is 0. The van der Waals surface area contributed by atoms with E-state index in [1.807, 2.05) is 6.92 Å². The second kappa shape index (κ2) is 8.49. The van der Waals surface area contributed by atoms with Crippen molar-refractivity contribution in [1.29, 1.82) is 0 Å². The Morgan fingerprint density at radius 2 is 1.32 bits per heavy atom. The van der Waals surface area contributed by atoms with Crippen molar-refractivity contribution in [3.63, 3.8) is 0 Å². The Kier molecular flexibility index (Phi) is 6.11. The molecule has 0 atom stereocenters. The molecule has 2 aromatic carbocycles. The minimum atomic E-state index is -0.405. The van der Waals surface area contributed by atoms with Crippen LogP contribution in [0.15, 0.2) is 48.5 Å². The molecule has 7 heteroatoms. The lowest BCUT2D eigenvalue weighted by Crippen LogP contribution is -2.37. The predicted octanol–water partition coefficient (Wildman–Crippen LogP) is 1.26. The van der Waals surface area contributed by atoms with Gasteiger partial charge in [0.25, 0.3) is 17.7 Å². The quantitative estimate of drug-likeness (QED) is 0.593. The van der Waals surface area contributed by atoms with Gasteiger partial charge in [-0.05, 0) is 49.4 Å². The summed E-state index contributed by atoms with van der Waals surface area (Å²) in [5, 5.41) is 17.0. The molecule has 0 aliphatic rings. The number of phenolic OH excluding ortho intramolecular Hbond substituents is 1. The number of hydrogen-bond donors (Lipinski definition) is 4. The summed E-state index contributed by atoms with van der Waals surface area (Å²) < 4.78 is 0. The van der Waals surface area contributed by atoms with Crippen molar-refractivity contribution < 1.29 is 19.5 Å². The minimum Gasteiger partial charge on any atom is -0.508 e. The van der Waals surface area contributed by atoms with Gasteiger partial charge in [0.2, 0.25) is 0 Å². The maximum absolute atomic E-state index is 12.1. The van der Waals surface area contributed by atoms with Crippen LogP contribution in [-0.4, -0.2) is 36.0 Å². The number of rotatable bonds is 6. The predicted molar refractivity (Wildman–Crippen MR) is 92.4 cm³/mol. The molecule has 0 fully saturated rings. The molecule has 25 heavy (non-hydrogen) atoms. The number of hydrogen-bond acceptors (Lipinski definition) is 4. The van der Waals surface area contributed by atoms with Gasteiger partial charge in [-0.2, -0.15) is 0 Å². The number of nitrogens with one attached hydrogen (secondary N) is 3. The second-order valence-electron chi connectivity index (χ2n) is 5.18. The topological polar surface area (TPSA) is 108 Å². The van der Waals surface area contributed by atoms with Gasteiger partial charge in [-0.15, -0.1) is 0 Å². The first-order chi connectivity index (χ1) is 12.0. The third kappa shape index (κ3) is 5.07. The number of carbonyl (C=O) groups is 3. The Hall–Kier alpha value is -3.35. The van der Waals surface area contributed by atoms with E-state index < -0.39 is 5.91 Å². The fourth-order valence-corrected chi connectivity index (χ4v) is 2.09. The molecule has 0 bridgehead atoms. The molecule has 0 saturated heterocycles. The summed E-state index contributed by atoms with van der Waals surface area (Å²) in [5.74, 6) is -0.969. The highest BCUT2D eigenvalue weighted by Gasteiger charge is 2.10. The Labute approximate surface area is 145 Å². The number of amides is 3. The SMILES string of the molecule is CCNC(=O)c1cccc(C(=O)NCNC(=O)c2ccc(O)cc2)c1. The van der Waals surface area contributed by atoms with Gasteiger partial charge in [-0.25, -0.2) is 0 Å². The van der Waals surface area contributed by atoms with Crippen LogP contribution in [0.1, 0.15) is 38.0 Å². The Bertz CT molecular complexity index is 772. The van der Waals surface area contributed by atoms with E-state index in [9.17, 15) is 19.5 Å². The van der Waals surface area contributed by atoms with Crippen molar-refractivity contribution in [2.75, 3.05) is 13.2 Å². The summed E-state index contributed by atoms with van der Waals surface area (Å²) in [6.45, 7) is 2.24. The van der Waals surface area contributed by atoms with E-state index >= 15 is 0 Å². The van der Waals surface area contributed by atoms with Crippen molar-refractivity contribution in [2.24, 2.45) is 0 Å². The van der Waals surface area contributed by atoms with Crippen molar-refractivity contribution in [1.82, 2.24) is 16.0 Å². The molecular formula is C18H19N3O4. The Balaban J connectivity index is 1.90. The lowest BCUT2D eigenvalue weighted by Gasteiger charge is -2.09. The first-order valence-corrected chi connectivity index (χ1v) is 7.75. The van der Waals surface area contributed by atoms with Gasteiger partial charge >= 0.3 is 0 Å². The molecule has 0 unspecified atom stereocenters. The fourth-order valence-electron chi connectivity index (χ4n) is 2.09. The van der Waals surface area contributed by atoms with Crippen LogP contribution in [-0.2, 0) is 0 Å². The summed E-state index contributed by atoms with van der Waals surface area (Å²) in [7, 11) is 0. The lowest BCUT2D eigenvalue weighted by molar-refractivity contribution is 0.0919. The van der Waals surface area contributed by atoms with E-state index in [1.165, 1.54) is 30.3 Å². The first-order valence-electron chi connectivity index (χ1n) is 7.75. The molecule has 7 nitrogen and oxygen atoms in total. The van der Waals surface area contributed by atoms with Gasteiger partial charge in [0.05, 0.1) is 6.67 Å². The average Bonchev–Trinajstić information content (AvgIpc) is 2.62. The molecule has 2 rings (SSSR count). The normalized spacial score (nSPS) is 9.96. The van der Waals surface area contributed by atoms with Crippen LogP contribution in [0.4, 0.5) is 0 Å². The van der Waals surface area contributed by atoms with Gasteiger partial charge in [0.15, 0.2) is 0 Å². The molecule has 130 valence electrons. The van der Waals surface area contributed by atoms with Crippen LogP contribution in [0, 0.1) is 0 Å². The first kappa shape index (κ1) is 18.0. The Morgan fingerprint density at radius 1 is 0.800 bits per heavy atom. The molecule has 0 spiro atoms. The van der Waals surface area contributed by atoms with Crippen LogP contribution in [0.25, 0.3) is 0 Å². The smallest absolute Gasteiger partial charge is 0.252 e. The summed E-state index contributed by atoms with van der Waals surface area (Å²) >= 11 is 0. The molecule has 3 amide bonds. The average molecular weight is 341 g/mol. The zero-order valence-corrected chi connectivity index (χ0v) is 13.7. The highest BCUT2D eigenvalue weighted by molar-refractivity contribution is 6.00. The summed E-state index contributed by atoms with van der Waals surface area (Å²) in [4.78, 5) is 35.8. The number of phenols is 1. The van der Waals surface area contributed by atoms with Crippen molar-refractivity contribution >= 4 is 17.7 Å². The third-order valence-electron chi connectivity index (χ3n) is 3.35. The van der Waals surface area contributed by atoms with Gasteiger partial charge in [-0.1, -0.05) is 6.07 Å². The zero-order chi connectivity index (χ0) is 18.2. The molecular weight excluding hydrogens is 322 g/mol. The van der Waals surface area contributed by atoms with Gasteiger partial charge < -0.3 is 21.1 Å². The second-order valence-corrected chi connectivity index (χ2v) is 5.18. The zero-order valence-electron chi connectivity index (χ0n) is 13.7. The number of aromatic hydroxyl groups is 1. The maximum atomic E-state index is 12.1. The number of carbonyl (C=O) groups excluding carboxylic acids is 3. The maximum Gasteiger partial charge on any atom is 0.252 e. The van der Waals surface area contributed by atoms with Gasteiger partial charge in [-0.3, -0.25) is 14.4 Å². The van der Waals surface area contributed by atoms with Crippen molar-refractivity contribution in [2.45, 2.75) is 6.92 Å². The molecule has 0 aliphatic carbocycles.